The average molecular weight is 262 g/mol. The summed E-state index contributed by atoms with van der Waals surface area (Å²) in [7, 11) is 1.75. The van der Waals surface area contributed by atoms with Crippen LogP contribution >= 0.6 is 0 Å². The molecule has 2 N–H and O–H groups in total. The molecular weight excluding hydrogens is 236 g/mol. The van der Waals surface area contributed by atoms with E-state index < -0.39 is 0 Å². The highest BCUT2D eigenvalue weighted by Gasteiger charge is 2.32. The van der Waals surface area contributed by atoms with Crippen molar-refractivity contribution in [1.29, 1.82) is 0 Å². The number of methoxy groups -OCH3 is 1. The summed E-state index contributed by atoms with van der Waals surface area (Å²) in [6.45, 7) is 5.31. The zero-order valence-corrected chi connectivity index (χ0v) is 12.1. The van der Waals surface area contributed by atoms with E-state index in [-0.39, 0.29) is 0 Å². The molecular formula is C16H26N2O. The van der Waals surface area contributed by atoms with Gasteiger partial charge in [0, 0.05) is 11.6 Å². The van der Waals surface area contributed by atoms with Crippen LogP contribution in [0.1, 0.15) is 37.8 Å². The van der Waals surface area contributed by atoms with Gasteiger partial charge in [-0.25, -0.2) is 0 Å². The molecule has 1 saturated heterocycles. The maximum Gasteiger partial charge on any atom is 0.123 e. The van der Waals surface area contributed by atoms with Crippen LogP contribution in [0, 0.1) is 5.92 Å². The first-order chi connectivity index (χ1) is 9.31. The summed E-state index contributed by atoms with van der Waals surface area (Å²) in [4.78, 5) is 2.58. The first-order valence-electron chi connectivity index (χ1n) is 7.38. The molecule has 2 atom stereocenters. The summed E-state index contributed by atoms with van der Waals surface area (Å²) in [6.07, 6.45) is 3.66. The highest BCUT2D eigenvalue weighted by atomic mass is 16.5. The van der Waals surface area contributed by atoms with Gasteiger partial charge in [-0.2, -0.15) is 0 Å². The van der Waals surface area contributed by atoms with Crippen LogP contribution < -0.4 is 10.5 Å². The lowest BCUT2D eigenvalue weighted by atomic mass is 9.84. The minimum atomic E-state index is 0.412. The summed E-state index contributed by atoms with van der Waals surface area (Å²) >= 11 is 0. The van der Waals surface area contributed by atoms with Crippen molar-refractivity contribution in [3.8, 4) is 5.75 Å². The summed E-state index contributed by atoms with van der Waals surface area (Å²) in [5.74, 6) is 1.53. The smallest absolute Gasteiger partial charge is 0.123 e. The zero-order valence-electron chi connectivity index (χ0n) is 12.1. The Hall–Kier alpha value is -1.06. The molecule has 19 heavy (non-hydrogen) atoms. The predicted octanol–water partition coefficient (Wildman–Crippen LogP) is 2.82. The fourth-order valence-electron chi connectivity index (χ4n) is 3.30. The SMILES string of the molecule is CCCN1CCCC(CN)C1c1ccccc1OC. The third-order valence-electron chi connectivity index (χ3n) is 4.13. The van der Waals surface area contributed by atoms with Crippen molar-refractivity contribution < 1.29 is 4.74 Å². The molecule has 0 aromatic heterocycles. The van der Waals surface area contributed by atoms with Gasteiger partial charge >= 0.3 is 0 Å². The molecule has 1 aliphatic heterocycles. The van der Waals surface area contributed by atoms with Gasteiger partial charge < -0.3 is 10.5 Å². The zero-order chi connectivity index (χ0) is 13.7. The van der Waals surface area contributed by atoms with Gasteiger partial charge in [-0.3, -0.25) is 4.90 Å². The number of likely N-dealkylation sites (tertiary alicyclic amines) is 1. The molecule has 2 rings (SSSR count). The number of nitrogens with zero attached hydrogens (tertiary/aromatic N) is 1. The number of hydrogen-bond donors (Lipinski definition) is 1. The minimum absolute atomic E-state index is 0.412. The Balaban J connectivity index is 2.33. The van der Waals surface area contributed by atoms with Crippen molar-refractivity contribution >= 4 is 0 Å². The van der Waals surface area contributed by atoms with E-state index in [4.69, 9.17) is 10.5 Å². The monoisotopic (exact) mass is 262 g/mol. The number of nitrogens with two attached hydrogens (primary N) is 1. The van der Waals surface area contributed by atoms with E-state index >= 15 is 0 Å². The number of ether oxygens (including phenoxy) is 1. The van der Waals surface area contributed by atoms with Crippen LogP contribution in [0.3, 0.4) is 0 Å². The van der Waals surface area contributed by atoms with Gasteiger partial charge in [0.05, 0.1) is 7.11 Å². The van der Waals surface area contributed by atoms with Crippen LogP contribution in [0.2, 0.25) is 0 Å². The molecule has 3 heteroatoms. The van der Waals surface area contributed by atoms with Crippen LogP contribution in [0.15, 0.2) is 24.3 Å². The van der Waals surface area contributed by atoms with Crippen molar-refractivity contribution in [2.45, 2.75) is 32.2 Å². The molecule has 1 aliphatic rings. The number of benzene rings is 1. The highest BCUT2D eigenvalue weighted by molar-refractivity contribution is 5.36. The lowest BCUT2D eigenvalue weighted by Gasteiger charge is -2.41. The van der Waals surface area contributed by atoms with E-state index in [0.29, 0.717) is 12.0 Å². The lowest BCUT2D eigenvalue weighted by molar-refractivity contribution is 0.0940. The summed E-state index contributed by atoms with van der Waals surface area (Å²) in [6, 6.07) is 8.80. The molecule has 1 fully saturated rings. The van der Waals surface area contributed by atoms with Crippen molar-refractivity contribution in [2.75, 3.05) is 26.7 Å². The molecule has 0 amide bonds. The summed E-state index contributed by atoms with van der Waals surface area (Å²) < 4.78 is 5.55. The van der Waals surface area contributed by atoms with Crippen LogP contribution in [0.5, 0.6) is 5.75 Å². The Morgan fingerprint density at radius 1 is 1.37 bits per heavy atom. The molecule has 3 nitrogen and oxygen atoms in total. The van der Waals surface area contributed by atoms with Crippen LogP contribution in [0.25, 0.3) is 0 Å². The van der Waals surface area contributed by atoms with Gasteiger partial charge in [0.25, 0.3) is 0 Å². The highest BCUT2D eigenvalue weighted by Crippen LogP contribution is 2.39. The van der Waals surface area contributed by atoms with Crippen LogP contribution in [-0.2, 0) is 0 Å². The van der Waals surface area contributed by atoms with E-state index in [1.54, 1.807) is 7.11 Å². The standard InChI is InChI=1S/C16H26N2O/c1-3-10-18-11-6-7-13(12-17)16(18)14-8-4-5-9-15(14)19-2/h4-5,8-9,13,16H,3,6-7,10-12,17H2,1-2H3. The van der Waals surface area contributed by atoms with Gasteiger partial charge in [-0.05, 0) is 50.9 Å². The number of hydrogen-bond acceptors (Lipinski definition) is 3. The van der Waals surface area contributed by atoms with Crippen LogP contribution in [-0.4, -0.2) is 31.6 Å². The number of piperidine rings is 1. The van der Waals surface area contributed by atoms with E-state index in [1.807, 2.05) is 6.07 Å². The van der Waals surface area contributed by atoms with Crippen molar-refractivity contribution in [3.63, 3.8) is 0 Å². The van der Waals surface area contributed by atoms with Crippen molar-refractivity contribution in [3.05, 3.63) is 29.8 Å². The molecule has 0 radical (unpaired) electrons. The Labute approximate surface area is 116 Å². The molecule has 1 heterocycles. The summed E-state index contributed by atoms with van der Waals surface area (Å²) in [5, 5.41) is 0. The third-order valence-corrected chi connectivity index (χ3v) is 4.13. The second kappa shape index (κ2) is 6.92. The molecule has 0 aliphatic carbocycles. The van der Waals surface area contributed by atoms with Crippen molar-refractivity contribution in [1.82, 2.24) is 4.90 Å². The maximum atomic E-state index is 6.01. The largest absolute Gasteiger partial charge is 0.496 e. The number of para-hydroxylation sites is 1. The Bertz CT molecular complexity index is 392. The van der Waals surface area contributed by atoms with Gasteiger partial charge in [0.2, 0.25) is 0 Å². The fraction of sp³-hybridized carbons (Fsp3) is 0.625. The molecule has 0 bridgehead atoms. The van der Waals surface area contributed by atoms with E-state index in [1.165, 1.54) is 31.4 Å². The van der Waals surface area contributed by atoms with Gasteiger partial charge in [-0.1, -0.05) is 25.1 Å². The van der Waals surface area contributed by atoms with Gasteiger partial charge in [-0.15, -0.1) is 0 Å². The first kappa shape index (κ1) is 14.4. The molecule has 106 valence electrons. The molecule has 1 aromatic rings. The molecule has 0 spiro atoms. The second-order valence-corrected chi connectivity index (χ2v) is 5.36. The van der Waals surface area contributed by atoms with Gasteiger partial charge in [0.1, 0.15) is 5.75 Å². The van der Waals surface area contributed by atoms with Gasteiger partial charge in [0.15, 0.2) is 0 Å². The van der Waals surface area contributed by atoms with Crippen molar-refractivity contribution in [2.24, 2.45) is 11.7 Å². The predicted molar refractivity (Wildman–Crippen MR) is 79.4 cm³/mol. The topological polar surface area (TPSA) is 38.5 Å². The lowest BCUT2D eigenvalue weighted by Crippen LogP contribution is -2.42. The summed E-state index contributed by atoms with van der Waals surface area (Å²) in [5.41, 5.74) is 7.31. The first-order valence-corrected chi connectivity index (χ1v) is 7.38. The minimum Gasteiger partial charge on any atom is -0.496 e. The van der Waals surface area contributed by atoms with E-state index in [9.17, 15) is 0 Å². The average Bonchev–Trinajstić information content (AvgIpc) is 2.47. The van der Waals surface area contributed by atoms with Crippen LogP contribution in [0.4, 0.5) is 0 Å². The maximum absolute atomic E-state index is 6.01. The normalized spacial score (nSPS) is 24.4. The molecule has 1 aromatic carbocycles. The number of rotatable bonds is 5. The Morgan fingerprint density at radius 3 is 2.84 bits per heavy atom. The van der Waals surface area contributed by atoms with E-state index in [0.717, 1.165) is 18.8 Å². The molecule has 2 unspecified atom stereocenters. The fourth-order valence-corrected chi connectivity index (χ4v) is 3.30. The van der Waals surface area contributed by atoms with E-state index in [2.05, 4.69) is 30.0 Å². The second-order valence-electron chi connectivity index (χ2n) is 5.36. The Kier molecular flexibility index (Phi) is 5.23. The molecule has 0 saturated carbocycles. The quantitative estimate of drug-likeness (QED) is 0.887. The Morgan fingerprint density at radius 2 is 2.16 bits per heavy atom. The third kappa shape index (κ3) is 3.10.